The number of nitrogens with one attached hydrogen (secondary N) is 3. The van der Waals surface area contributed by atoms with E-state index < -0.39 is 47.3 Å². The number of likely N-dealkylation sites (tertiary alicyclic amines) is 1. The number of fused-ring (bicyclic) bond motifs is 2. The van der Waals surface area contributed by atoms with Crippen LogP contribution in [0.2, 0.25) is 0 Å². The second-order valence-corrected chi connectivity index (χ2v) is 13.8. The zero-order valence-corrected chi connectivity index (χ0v) is 27.6. The van der Waals surface area contributed by atoms with Gasteiger partial charge in [-0.3, -0.25) is 23.7 Å². The number of carbonyl (C=O) groups excluding carboxylic acids is 5. The summed E-state index contributed by atoms with van der Waals surface area (Å²) in [5.41, 5.74) is 14.2. The van der Waals surface area contributed by atoms with Crippen molar-refractivity contribution in [2.45, 2.75) is 83.5 Å². The van der Waals surface area contributed by atoms with Gasteiger partial charge < -0.3 is 32.3 Å². The normalized spacial score (nSPS) is 20.7. The van der Waals surface area contributed by atoms with Crippen LogP contribution in [0.25, 0.3) is 10.9 Å². The molecule has 5 amide bonds. The molecule has 12 nitrogen and oxygen atoms in total. The highest BCUT2D eigenvalue weighted by molar-refractivity contribution is 6.08. The number of aromatic nitrogens is 1. The van der Waals surface area contributed by atoms with Crippen LogP contribution < -0.4 is 27.4 Å². The Labute approximate surface area is 274 Å². The van der Waals surface area contributed by atoms with Gasteiger partial charge in [0, 0.05) is 29.1 Å². The van der Waals surface area contributed by atoms with E-state index in [9.17, 15) is 24.0 Å². The molecule has 2 aromatic carbocycles. The average Bonchev–Trinajstić information content (AvgIpc) is 3.65. The molecule has 1 aliphatic carbocycles. The fourth-order valence-electron chi connectivity index (χ4n) is 6.94. The summed E-state index contributed by atoms with van der Waals surface area (Å²) < 4.78 is 1.32. The number of rotatable bonds is 8. The summed E-state index contributed by atoms with van der Waals surface area (Å²) in [7, 11) is 1.66. The van der Waals surface area contributed by atoms with Gasteiger partial charge in [0.05, 0.1) is 17.6 Å². The largest absolute Gasteiger partial charge is 0.366 e. The average molecular weight is 644 g/mol. The quantitative estimate of drug-likeness (QED) is 0.252. The molecule has 0 spiro atoms. The summed E-state index contributed by atoms with van der Waals surface area (Å²) in [6.45, 7) is 7.36. The number of primary amides is 2. The maximum atomic E-state index is 14.5. The molecular formula is C35H45N7O5. The molecule has 7 N–H and O–H groups in total. The van der Waals surface area contributed by atoms with Crippen molar-refractivity contribution in [3.8, 4) is 0 Å². The number of aryl methyl sites for hydroxylation is 1. The minimum atomic E-state index is -0.946. The number of nitrogens with two attached hydrogens (primary N) is 2. The van der Waals surface area contributed by atoms with E-state index in [4.69, 9.17) is 11.5 Å². The van der Waals surface area contributed by atoms with E-state index in [2.05, 4.69) is 22.0 Å². The smallest absolute Gasteiger partial charge is 0.323 e. The first-order valence-corrected chi connectivity index (χ1v) is 16.1. The Morgan fingerprint density at radius 1 is 1.00 bits per heavy atom. The van der Waals surface area contributed by atoms with Gasteiger partial charge in [0.2, 0.25) is 23.6 Å². The fraction of sp³-hybridized carbons (Fsp3) is 0.457. The minimum absolute atomic E-state index is 0.0811. The molecule has 3 aromatic rings. The van der Waals surface area contributed by atoms with Gasteiger partial charge in [-0.15, -0.1) is 0 Å². The van der Waals surface area contributed by atoms with Gasteiger partial charge in [0.1, 0.15) is 12.1 Å². The van der Waals surface area contributed by atoms with Crippen molar-refractivity contribution in [1.82, 2.24) is 25.4 Å². The first-order valence-electron chi connectivity index (χ1n) is 16.1. The third-order valence-electron chi connectivity index (χ3n) is 9.58. The highest BCUT2D eigenvalue weighted by Gasteiger charge is 2.46. The van der Waals surface area contributed by atoms with Crippen LogP contribution >= 0.6 is 0 Å². The summed E-state index contributed by atoms with van der Waals surface area (Å²) in [5.74, 6) is -2.22. The Morgan fingerprint density at radius 2 is 1.72 bits per heavy atom. The Morgan fingerprint density at radius 3 is 2.38 bits per heavy atom. The second kappa shape index (κ2) is 13.2. The standard InChI is InChI=1S/C35H45N7O5/c1-19(38-5)31(44)40-29(35(2,3)4)33(46)41-18-21(27-17-24-23(30(36)43)13-9-15-26(24)42(27)34(37)47)16-28(41)32(45)39-25-14-8-11-20-10-6-7-12-22(20)25/h6-7,9-10,12-13,15,17,19,21,25,28-29,38H,8,11,14,16,18H2,1-5H3,(H2,36,43)(H2,37,47)(H,39,45)(H,40,44)/t19-,21-,25+,28-,29+/m0/s1. The van der Waals surface area contributed by atoms with Crippen LogP contribution in [0.15, 0.2) is 48.5 Å². The molecule has 2 heterocycles. The van der Waals surface area contributed by atoms with Gasteiger partial charge in [-0.2, -0.15) is 0 Å². The van der Waals surface area contributed by atoms with Crippen LogP contribution in [0, 0.1) is 5.41 Å². The molecule has 1 saturated heterocycles. The molecule has 12 heteroatoms. The van der Waals surface area contributed by atoms with Gasteiger partial charge in [-0.05, 0) is 74.4 Å². The SMILES string of the molecule is CN[C@@H](C)C(=O)N[C@H](C(=O)N1C[C@@H](c2cc3c(C(N)=O)cccc3n2C(N)=O)C[C@H]1C(=O)N[C@@H]1CCCc2ccccc21)C(C)(C)C. The molecule has 2 aliphatic rings. The predicted octanol–water partition coefficient (Wildman–Crippen LogP) is 2.68. The molecule has 0 radical (unpaired) electrons. The number of hydrogen-bond donors (Lipinski definition) is 5. The molecule has 250 valence electrons. The van der Waals surface area contributed by atoms with Crippen LogP contribution in [-0.4, -0.2) is 70.8 Å². The van der Waals surface area contributed by atoms with Crippen LogP contribution in [0.1, 0.15) is 86.1 Å². The summed E-state index contributed by atoms with van der Waals surface area (Å²) in [6.07, 6.45) is 2.81. The summed E-state index contributed by atoms with van der Waals surface area (Å²) in [4.78, 5) is 68.4. The Bertz CT molecular complexity index is 1720. The Balaban J connectivity index is 1.55. The lowest BCUT2D eigenvalue weighted by Gasteiger charge is -2.36. The summed E-state index contributed by atoms with van der Waals surface area (Å²) in [6, 6.07) is 11.2. The van der Waals surface area contributed by atoms with Crippen molar-refractivity contribution in [3.63, 3.8) is 0 Å². The van der Waals surface area contributed by atoms with Crippen molar-refractivity contribution >= 4 is 40.6 Å². The molecule has 5 rings (SSSR count). The van der Waals surface area contributed by atoms with E-state index in [1.165, 1.54) is 15.0 Å². The molecule has 0 saturated carbocycles. The minimum Gasteiger partial charge on any atom is -0.366 e. The fourth-order valence-corrected chi connectivity index (χ4v) is 6.94. The topological polar surface area (TPSA) is 182 Å². The van der Waals surface area contributed by atoms with E-state index in [0.29, 0.717) is 16.6 Å². The van der Waals surface area contributed by atoms with E-state index in [1.807, 2.05) is 39.0 Å². The Hall–Kier alpha value is -4.71. The first kappa shape index (κ1) is 33.6. The van der Waals surface area contributed by atoms with Crippen LogP contribution in [0.3, 0.4) is 0 Å². The molecular weight excluding hydrogens is 598 g/mol. The lowest BCUT2D eigenvalue weighted by atomic mass is 9.85. The lowest BCUT2D eigenvalue weighted by Crippen LogP contribution is -2.59. The number of hydrogen-bond acceptors (Lipinski definition) is 6. The molecule has 1 aromatic heterocycles. The second-order valence-electron chi connectivity index (χ2n) is 13.8. The number of benzene rings is 2. The zero-order valence-electron chi connectivity index (χ0n) is 27.6. The molecule has 0 unspecified atom stereocenters. The first-order chi connectivity index (χ1) is 22.2. The number of amides is 5. The van der Waals surface area contributed by atoms with Crippen molar-refractivity contribution in [1.29, 1.82) is 0 Å². The van der Waals surface area contributed by atoms with E-state index >= 15 is 0 Å². The molecule has 1 fully saturated rings. The van der Waals surface area contributed by atoms with Gasteiger partial charge in [-0.1, -0.05) is 51.1 Å². The third-order valence-corrected chi connectivity index (χ3v) is 9.58. The van der Waals surface area contributed by atoms with E-state index in [-0.39, 0.29) is 36.4 Å². The summed E-state index contributed by atoms with van der Waals surface area (Å²) >= 11 is 0. The van der Waals surface area contributed by atoms with Gasteiger partial charge in [0.25, 0.3) is 0 Å². The van der Waals surface area contributed by atoms with Gasteiger partial charge in [-0.25, -0.2) is 4.79 Å². The monoisotopic (exact) mass is 643 g/mol. The number of nitrogens with zero attached hydrogens (tertiary/aromatic N) is 2. The highest BCUT2D eigenvalue weighted by atomic mass is 16.2. The van der Waals surface area contributed by atoms with Crippen molar-refractivity contribution in [2.75, 3.05) is 13.6 Å². The van der Waals surface area contributed by atoms with Gasteiger partial charge in [0.15, 0.2) is 0 Å². The Kier molecular flexibility index (Phi) is 9.44. The van der Waals surface area contributed by atoms with Crippen molar-refractivity contribution in [3.05, 3.63) is 70.9 Å². The lowest BCUT2D eigenvalue weighted by molar-refractivity contribution is -0.144. The number of carbonyl (C=O) groups is 5. The third kappa shape index (κ3) is 6.60. The molecule has 0 bridgehead atoms. The van der Waals surface area contributed by atoms with Crippen molar-refractivity contribution < 1.29 is 24.0 Å². The zero-order chi connectivity index (χ0) is 34.2. The molecule has 5 atom stereocenters. The highest BCUT2D eigenvalue weighted by Crippen LogP contribution is 2.38. The van der Waals surface area contributed by atoms with Gasteiger partial charge >= 0.3 is 6.03 Å². The van der Waals surface area contributed by atoms with Crippen molar-refractivity contribution in [2.24, 2.45) is 16.9 Å². The maximum absolute atomic E-state index is 14.5. The predicted molar refractivity (Wildman–Crippen MR) is 178 cm³/mol. The molecule has 47 heavy (non-hydrogen) atoms. The maximum Gasteiger partial charge on any atom is 0.323 e. The van der Waals surface area contributed by atoms with E-state index in [1.54, 1.807) is 38.2 Å². The number of likely N-dealkylation sites (N-methyl/N-ethyl adjacent to an activating group) is 1. The van der Waals surface area contributed by atoms with Crippen LogP contribution in [-0.2, 0) is 20.8 Å². The van der Waals surface area contributed by atoms with E-state index in [0.717, 1.165) is 24.8 Å². The summed E-state index contributed by atoms with van der Waals surface area (Å²) in [5, 5.41) is 9.48. The van der Waals surface area contributed by atoms with Crippen LogP contribution in [0.5, 0.6) is 0 Å². The van der Waals surface area contributed by atoms with Crippen LogP contribution in [0.4, 0.5) is 4.79 Å². The molecule has 1 aliphatic heterocycles.